The molecule has 2 saturated carbocycles. The summed E-state index contributed by atoms with van der Waals surface area (Å²) in [5.41, 5.74) is 0.113. The monoisotopic (exact) mass is 281 g/mol. The van der Waals surface area contributed by atoms with Gasteiger partial charge in [0.15, 0.2) is 0 Å². The lowest BCUT2D eigenvalue weighted by Crippen LogP contribution is -2.47. The van der Waals surface area contributed by atoms with E-state index in [2.05, 4.69) is 32.6 Å². The van der Waals surface area contributed by atoms with E-state index in [4.69, 9.17) is 0 Å². The van der Waals surface area contributed by atoms with Crippen LogP contribution in [0.2, 0.25) is 0 Å². The van der Waals surface area contributed by atoms with Gasteiger partial charge < -0.3 is 5.11 Å². The third kappa shape index (κ3) is 3.98. The van der Waals surface area contributed by atoms with Crippen molar-refractivity contribution in [3.05, 3.63) is 0 Å². The quantitative estimate of drug-likeness (QED) is 0.821. The third-order valence-electron chi connectivity index (χ3n) is 5.55. The first-order valence-corrected chi connectivity index (χ1v) is 8.82. The van der Waals surface area contributed by atoms with E-state index in [1.54, 1.807) is 0 Å². The fraction of sp³-hybridized carbons (Fsp3) is 1.00. The van der Waals surface area contributed by atoms with Crippen LogP contribution in [0.4, 0.5) is 0 Å². The van der Waals surface area contributed by atoms with E-state index in [1.807, 2.05) is 0 Å². The van der Waals surface area contributed by atoms with Crippen molar-refractivity contribution in [1.82, 2.24) is 4.90 Å². The van der Waals surface area contributed by atoms with Gasteiger partial charge in [-0.05, 0) is 42.9 Å². The Hall–Kier alpha value is -0.0800. The van der Waals surface area contributed by atoms with Gasteiger partial charge in [0.1, 0.15) is 0 Å². The second kappa shape index (κ2) is 6.79. The molecule has 0 aliphatic heterocycles. The molecule has 0 saturated heterocycles. The highest BCUT2D eigenvalue weighted by molar-refractivity contribution is 4.91. The average molecular weight is 281 g/mol. The van der Waals surface area contributed by atoms with Crippen molar-refractivity contribution >= 4 is 0 Å². The maximum Gasteiger partial charge on any atom is 0.0631 e. The zero-order valence-corrected chi connectivity index (χ0v) is 14.1. The van der Waals surface area contributed by atoms with Gasteiger partial charge in [0, 0.05) is 19.1 Å². The highest BCUT2D eigenvalue weighted by Gasteiger charge is 2.39. The summed E-state index contributed by atoms with van der Waals surface area (Å²) < 4.78 is 0. The first kappa shape index (κ1) is 16.3. The second-order valence-corrected chi connectivity index (χ2v) is 8.37. The van der Waals surface area contributed by atoms with E-state index < -0.39 is 0 Å². The molecule has 0 aromatic heterocycles. The molecule has 118 valence electrons. The molecular weight excluding hydrogens is 246 g/mol. The van der Waals surface area contributed by atoms with E-state index in [9.17, 15) is 5.11 Å². The van der Waals surface area contributed by atoms with Gasteiger partial charge in [0.25, 0.3) is 0 Å². The van der Waals surface area contributed by atoms with Gasteiger partial charge in [-0.1, -0.05) is 47.0 Å². The minimum absolute atomic E-state index is 0.113. The van der Waals surface area contributed by atoms with Gasteiger partial charge in [0.2, 0.25) is 0 Å². The predicted molar refractivity (Wildman–Crippen MR) is 85.8 cm³/mol. The Bertz CT molecular complexity index is 294. The second-order valence-electron chi connectivity index (χ2n) is 8.37. The van der Waals surface area contributed by atoms with E-state index in [-0.39, 0.29) is 11.5 Å². The van der Waals surface area contributed by atoms with E-state index in [1.165, 1.54) is 51.5 Å². The largest absolute Gasteiger partial charge is 0.392 e. The zero-order valence-electron chi connectivity index (χ0n) is 14.1. The molecule has 0 aromatic carbocycles. The van der Waals surface area contributed by atoms with Crippen molar-refractivity contribution < 1.29 is 5.11 Å². The van der Waals surface area contributed by atoms with Crippen molar-refractivity contribution in [3.63, 3.8) is 0 Å². The lowest BCUT2D eigenvalue weighted by Gasteiger charge is -2.44. The number of aliphatic hydroxyl groups is 1. The van der Waals surface area contributed by atoms with Crippen LogP contribution in [0.3, 0.4) is 0 Å². The molecule has 0 amide bonds. The summed E-state index contributed by atoms with van der Waals surface area (Å²) in [7, 11) is 0. The van der Waals surface area contributed by atoms with Crippen LogP contribution in [-0.4, -0.2) is 35.2 Å². The minimum atomic E-state index is -0.118. The lowest BCUT2D eigenvalue weighted by atomic mass is 9.69. The van der Waals surface area contributed by atoms with Crippen LogP contribution < -0.4 is 0 Å². The molecule has 2 aliphatic rings. The summed E-state index contributed by atoms with van der Waals surface area (Å²) in [6.07, 6.45) is 9.11. The smallest absolute Gasteiger partial charge is 0.0631 e. The van der Waals surface area contributed by atoms with E-state index in [0.717, 1.165) is 18.5 Å². The van der Waals surface area contributed by atoms with Crippen LogP contribution in [0, 0.1) is 17.3 Å². The Morgan fingerprint density at radius 3 is 2.35 bits per heavy atom. The highest BCUT2D eigenvalue weighted by atomic mass is 16.3. The molecule has 20 heavy (non-hydrogen) atoms. The average Bonchev–Trinajstić information content (AvgIpc) is 2.87. The summed E-state index contributed by atoms with van der Waals surface area (Å²) >= 11 is 0. The Labute approximate surface area is 125 Å². The van der Waals surface area contributed by atoms with Crippen LogP contribution in [-0.2, 0) is 0 Å². The normalized spacial score (nSPS) is 31.4. The van der Waals surface area contributed by atoms with Gasteiger partial charge in [0.05, 0.1) is 6.10 Å². The van der Waals surface area contributed by atoms with Gasteiger partial charge >= 0.3 is 0 Å². The molecule has 0 bridgehead atoms. The van der Waals surface area contributed by atoms with Crippen LogP contribution in [0.5, 0.6) is 0 Å². The van der Waals surface area contributed by atoms with E-state index >= 15 is 0 Å². The summed E-state index contributed by atoms with van der Waals surface area (Å²) in [5.74, 6) is 1.21. The number of rotatable bonds is 5. The zero-order chi connectivity index (χ0) is 14.8. The van der Waals surface area contributed by atoms with Crippen LogP contribution in [0.25, 0.3) is 0 Å². The Morgan fingerprint density at radius 1 is 1.10 bits per heavy atom. The van der Waals surface area contributed by atoms with Gasteiger partial charge in [-0.15, -0.1) is 0 Å². The Balaban J connectivity index is 1.99. The fourth-order valence-corrected chi connectivity index (χ4v) is 4.37. The molecule has 0 radical (unpaired) electrons. The van der Waals surface area contributed by atoms with Crippen molar-refractivity contribution in [2.24, 2.45) is 17.3 Å². The summed E-state index contributed by atoms with van der Waals surface area (Å²) in [6, 6.07) is 0.787. The first-order valence-electron chi connectivity index (χ1n) is 8.82. The first-order chi connectivity index (χ1) is 9.40. The van der Waals surface area contributed by atoms with E-state index in [0.29, 0.717) is 5.92 Å². The molecule has 2 aliphatic carbocycles. The number of hydrogen-bond donors (Lipinski definition) is 1. The van der Waals surface area contributed by atoms with Crippen LogP contribution >= 0.6 is 0 Å². The third-order valence-corrected chi connectivity index (χ3v) is 5.55. The lowest BCUT2D eigenvalue weighted by molar-refractivity contribution is -0.0478. The van der Waals surface area contributed by atoms with Gasteiger partial charge in [-0.25, -0.2) is 0 Å². The molecule has 2 heteroatoms. The maximum absolute atomic E-state index is 10.7. The molecule has 2 atom stereocenters. The maximum atomic E-state index is 10.7. The van der Waals surface area contributed by atoms with Crippen molar-refractivity contribution in [3.8, 4) is 0 Å². The molecule has 0 heterocycles. The standard InChI is InChI=1S/C18H35NO/c1-14(2)12-19(16-9-5-6-10-16)13-15-8-7-11-18(3,4)17(15)20/h14-17,20H,5-13H2,1-4H3. The van der Waals surface area contributed by atoms with Gasteiger partial charge in [-0.3, -0.25) is 4.90 Å². The fourth-order valence-electron chi connectivity index (χ4n) is 4.37. The highest BCUT2D eigenvalue weighted by Crippen LogP contribution is 2.40. The SMILES string of the molecule is CC(C)CN(CC1CCCC(C)(C)C1O)C1CCCC1. The van der Waals surface area contributed by atoms with Crippen LogP contribution in [0.15, 0.2) is 0 Å². The van der Waals surface area contributed by atoms with Crippen molar-refractivity contribution in [1.29, 1.82) is 0 Å². The van der Waals surface area contributed by atoms with Crippen molar-refractivity contribution in [2.75, 3.05) is 13.1 Å². The molecule has 0 aromatic rings. The molecule has 1 N–H and O–H groups in total. The molecule has 2 fully saturated rings. The number of aliphatic hydroxyl groups excluding tert-OH is 1. The predicted octanol–water partition coefficient (Wildman–Crippen LogP) is 4.07. The number of hydrogen-bond acceptors (Lipinski definition) is 2. The number of nitrogens with zero attached hydrogens (tertiary/aromatic N) is 1. The Kier molecular flexibility index (Phi) is 5.53. The Morgan fingerprint density at radius 2 is 1.75 bits per heavy atom. The summed E-state index contributed by atoms with van der Waals surface area (Å²) in [4.78, 5) is 2.72. The van der Waals surface area contributed by atoms with Crippen LogP contribution in [0.1, 0.15) is 72.6 Å². The summed E-state index contributed by atoms with van der Waals surface area (Å²) in [6.45, 7) is 11.5. The molecule has 2 rings (SSSR count). The molecule has 0 spiro atoms. The minimum Gasteiger partial charge on any atom is -0.392 e. The molecule has 2 unspecified atom stereocenters. The molecule has 2 nitrogen and oxygen atoms in total. The van der Waals surface area contributed by atoms with Gasteiger partial charge in [-0.2, -0.15) is 0 Å². The molecular formula is C18H35NO. The summed E-state index contributed by atoms with van der Waals surface area (Å²) in [5, 5.41) is 10.7. The topological polar surface area (TPSA) is 23.5 Å². The van der Waals surface area contributed by atoms with Crippen molar-refractivity contribution in [2.45, 2.75) is 84.8 Å².